The maximum absolute atomic E-state index is 6.07. The van der Waals surface area contributed by atoms with Crippen LogP contribution in [0.25, 0.3) is 0 Å². The highest BCUT2D eigenvalue weighted by molar-refractivity contribution is 14.0. The lowest BCUT2D eigenvalue weighted by molar-refractivity contribution is -0.0432. The minimum absolute atomic E-state index is 0. The molecule has 5 nitrogen and oxygen atoms in total. The van der Waals surface area contributed by atoms with Crippen LogP contribution in [0.3, 0.4) is 0 Å². The second-order valence-electron chi connectivity index (χ2n) is 8.45. The van der Waals surface area contributed by atoms with E-state index in [1.165, 1.54) is 45.1 Å². The van der Waals surface area contributed by atoms with Crippen molar-refractivity contribution in [3.8, 4) is 0 Å². The molecule has 1 aliphatic carbocycles. The fourth-order valence-electron chi connectivity index (χ4n) is 4.64. The Morgan fingerprint density at radius 1 is 1.23 bits per heavy atom. The topological polar surface area (TPSA) is 40.1 Å². The predicted molar refractivity (Wildman–Crippen MR) is 119 cm³/mol. The van der Waals surface area contributed by atoms with Crippen molar-refractivity contribution in [2.75, 3.05) is 46.4 Å². The van der Waals surface area contributed by atoms with Crippen molar-refractivity contribution in [1.82, 2.24) is 15.1 Å². The van der Waals surface area contributed by atoms with E-state index in [4.69, 9.17) is 9.73 Å². The van der Waals surface area contributed by atoms with Crippen LogP contribution in [-0.4, -0.2) is 74.3 Å². The molecule has 0 spiro atoms. The first-order valence-corrected chi connectivity index (χ1v) is 10.5. The van der Waals surface area contributed by atoms with Gasteiger partial charge in [0.05, 0.1) is 19.3 Å². The Balaban J connectivity index is 0.00000243. The molecule has 0 amide bonds. The van der Waals surface area contributed by atoms with Crippen LogP contribution < -0.4 is 5.32 Å². The van der Waals surface area contributed by atoms with Crippen molar-refractivity contribution in [2.45, 2.75) is 64.5 Å². The molecule has 152 valence electrons. The summed E-state index contributed by atoms with van der Waals surface area (Å²) in [4.78, 5) is 9.85. The highest BCUT2D eigenvalue weighted by atomic mass is 127. The Kier molecular flexibility index (Phi) is 9.44. The molecule has 2 heterocycles. The van der Waals surface area contributed by atoms with Crippen molar-refractivity contribution >= 4 is 29.9 Å². The molecule has 0 aromatic carbocycles. The average molecular weight is 478 g/mol. The van der Waals surface area contributed by atoms with Crippen LogP contribution >= 0.6 is 24.0 Å². The van der Waals surface area contributed by atoms with Crippen molar-refractivity contribution in [3.05, 3.63) is 0 Å². The Morgan fingerprint density at radius 3 is 2.73 bits per heavy atom. The standard InChI is InChI=1S/C20H38N4O.HI/c1-4-21-20(23(3)13-17-9-7-16(2)8-10-17)22-12-19-14-24-11-5-6-18(24)15-25-19;/h16-19H,4-15H2,1-3H3,(H,21,22);1H. The molecule has 1 saturated carbocycles. The van der Waals surface area contributed by atoms with Gasteiger partial charge in [-0.15, -0.1) is 24.0 Å². The van der Waals surface area contributed by atoms with E-state index in [1.807, 2.05) is 0 Å². The zero-order valence-electron chi connectivity index (χ0n) is 17.0. The summed E-state index contributed by atoms with van der Waals surface area (Å²) in [5.74, 6) is 2.79. The normalized spacial score (nSPS) is 32.7. The van der Waals surface area contributed by atoms with Gasteiger partial charge in [0.15, 0.2) is 5.96 Å². The van der Waals surface area contributed by atoms with Crippen molar-refractivity contribution in [2.24, 2.45) is 16.8 Å². The number of ether oxygens (including phenoxy) is 1. The van der Waals surface area contributed by atoms with Gasteiger partial charge in [0.25, 0.3) is 0 Å². The van der Waals surface area contributed by atoms with Crippen LogP contribution in [0.4, 0.5) is 0 Å². The molecule has 0 bridgehead atoms. The van der Waals surface area contributed by atoms with Gasteiger partial charge in [0.1, 0.15) is 0 Å². The Hall–Kier alpha value is -0.0800. The first-order chi connectivity index (χ1) is 12.2. The van der Waals surface area contributed by atoms with Gasteiger partial charge in [-0.1, -0.05) is 19.8 Å². The first kappa shape index (κ1) is 22.2. The van der Waals surface area contributed by atoms with E-state index in [1.54, 1.807) is 0 Å². The van der Waals surface area contributed by atoms with Gasteiger partial charge < -0.3 is 15.0 Å². The summed E-state index contributed by atoms with van der Waals surface area (Å²) in [5.41, 5.74) is 0. The number of nitrogens with zero attached hydrogens (tertiary/aromatic N) is 3. The monoisotopic (exact) mass is 478 g/mol. The van der Waals surface area contributed by atoms with Gasteiger partial charge in [-0.25, -0.2) is 0 Å². The number of nitrogens with one attached hydrogen (secondary N) is 1. The van der Waals surface area contributed by atoms with Gasteiger partial charge in [0, 0.05) is 32.7 Å². The fourth-order valence-corrected chi connectivity index (χ4v) is 4.64. The Bertz CT molecular complexity index is 440. The smallest absolute Gasteiger partial charge is 0.193 e. The lowest BCUT2D eigenvalue weighted by Gasteiger charge is -2.35. The summed E-state index contributed by atoms with van der Waals surface area (Å²) in [5, 5.41) is 3.47. The van der Waals surface area contributed by atoms with E-state index in [9.17, 15) is 0 Å². The van der Waals surface area contributed by atoms with E-state index < -0.39 is 0 Å². The van der Waals surface area contributed by atoms with Crippen LogP contribution in [-0.2, 0) is 4.74 Å². The molecule has 0 radical (unpaired) electrons. The summed E-state index contributed by atoms with van der Waals surface area (Å²) in [6, 6.07) is 0.671. The van der Waals surface area contributed by atoms with Crippen molar-refractivity contribution < 1.29 is 4.74 Å². The summed E-state index contributed by atoms with van der Waals surface area (Å²) in [7, 11) is 2.19. The molecule has 2 saturated heterocycles. The number of guanidine groups is 1. The van der Waals surface area contributed by atoms with Gasteiger partial charge in [-0.2, -0.15) is 0 Å². The second kappa shape index (κ2) is 11.1. The third kappa shape index (κ3) is 6.23. The minimum atomic E-state index is 0. The molecular formula is C20H39IN4O. The first-order valence-electron chi connectivity index (χ1n) is 10.5. The van der Waals surface area contributed by atoms with Crippen LogP contribution in [0, 0.1) is 11.8 Å². The summed E-state index contributed by atoms with van der Waals surface area (Å²) in [6.45, 7) is 10.6. The van der Waals surface area contributed by atoms with Gasteiger partial charge in [-0.3, -0.25) is 9.89 Å². The third-order valence-electron chi connectivity index (χ3n) is 6.27. The minimum Gasteiger partial charge on any atom is -0.373 e. The highest BCUT2D eigenvalue weighted by Crippen LogP contribution is 2.28. The fraction of sp³-hybridized carbons (Fsp3) is 0.950. The molecule has 3 aliphatic rings. The molecule has 2 aliphatic heterocycles. The third-order valence-corrected chi connectivity index (χ3v) is 6.27. The largest absolute Gasteiger partial charge is 0.373 e. The number of rotatable bonds is 5. The number of hydrogen-bond donors (Lipinski definition) is 1. The summed E-state index contributed by atoms with van der Waals surface area (Å²) >= 11 is 0. The van der Waals surface area contributed by atoms with Crippen LogP contribution in [0.15, 0.2) is 4.99 Å². The average Bonchev–Trinajstić information content (AvgIpc) is 3.08. The number of halogens is 1. The predicted octanol–water partition coefficient (Wildman–Crippen LogP) is 3.19. The van der Waals surface area contributed by atoms with Crippen LogP contribution in [0.5, 0.6) is 0 Å². The molecule has 6 heteroatoms. The molecular weight excluding hydrogens is 439 g/mol. The van der Waals surface area contributed by atoms with Crippen molar-refractivity contribution in [3.63, 3.8) is 0 Å². The van der Waals surface area contributed by atoms with E-state index in [2.05, 4.69) is 36.0 Å². The quantitative estimate of drug-likeness (QED) is 0.375. The maximum Gasteiger partial charge on any atom is 0.193 e. The van der Waals surface area contributed by atoms with Crippen LogP contribution in [0.2, 0.25) is 0 Å². The Morgan fingerprint density at radius 2 is 2.00 bits per heavy atom. The molecule has 0 aromatic rings. The Labute approximate surface area is 177 Å². The number of aliphatic imine (C=N–C) groups is 1. The van der Waals surface area contributed by atoms with Gasteiger partial charge in [-0.05, 0) is 51.0 Å². The van der Waals surface area contributed by atoms with E-state index >= 15 is 0 Å². The lowest BCUT2D eigenvalue weighted by atomic mass is 9.83. The van der Waals surface area contributed by atoms with Gasteiger partial charge >= 0.3 is 0 Å². The zero-order chi connectivity index (χ0) is 17.6. The number of morpholine rings is 1. The molecule has 3 fully saturated rings. The summed E-state index contributed by atoms with van der Waals surface area (Å²) in [6.07, 6.45) is 8.40. The molecule has 2 unspecified atom stereocenters. The molecule has 2 atom stereocenters. The maximum atomic E-state index is 6.07. The van der Waals surface area contributed by atoms with Crippen molar-refractivity contribution in [1.29, 1.82) is 0 Å². The second-order valence-corrected chi connectivity index (χ2v) is 8.45. The number of fused-ring (bicyclic) bond motifs is 1. The molecule has 3 rings (SSSR count). The molecule has 26 heavy (non-hydrogen) atoms. The summed E-state index contributed by atoms with van der Waals surface area (Å²) < 4.78 is 6.07. The SMILES string of the molecule is CCNC(=NCC1CN2CCCC2CO1)N(C)CC1CCC(C)CC1.I. The van der Waals surface area contributed by atoms with E-state index in [0.717, 1.165) is 50.6 Å². The van der Waals surface area contributed by atoms with Gasteiger partial charge in [0.2, 0.25) is 0 Å². The molecule has 0 aromatic heterocycles. The number of hydrogen-bond acceptors (Lipinski definition) is 3. The lowest BCUT2D eigenvalue weighted by Crippen LogP contribution is -2.48. The highest BCUT2D eigenvalue weighted by Gasteiger charge is 2.32. The van der Waals surface area contributed by atoms with Crippen LogP contribution in [0.1, 0.15) is 52.4 Å². The molecule has 1 N–H and O–H groups in total. The van der Waals surface area contributed by atoms with E-state index in [-0.39, 0.29) is 30.1 Å². The zero-order valence-corrected chi connectivity index (χ0v) is 19.3. The van der Waals surface area contributed by atoms with E-state index in [0.29, 0.717) is 6.04 Å².